The predicted molar refractivity (Wildman–Crippen MR) is 139 cm³/mol. The molecule has 40 heavy (non-hydrogen) atoms. The molecule has 1 saturated carbocycles. The van der Waals surface area contributed by atoms with Crippen LogP contribution < -0.4 is 15.5 Å². The molecule has 2 amide bonds. The number of nitrogens with one attached hydrogen (secondary N) is 2. The number of anilines is 3. The highest BCUT2D eigenvalue weighted by molar-refractivity contribution is 6.07. The number of alkyl halides is 3. The van der Waals surface area contributed by atoms with Gasteiger partial charge in [-0.1, -0.05) is 6.07 Å². The summed E-state index contributed by atoms with van der Waals surface area (Å²) in [6.45, 7) is 2.50. The second-order valence-electron chi connectivity index (χ2n) is 9.89. The molecule has 6 rings (SSSR count). The van der Waals surface area contributed by atoms with Crippen LogP contribution in [0, 0.1) is 6.92 Å². The monoisotopic (exact) mass is 548 g/mol. The zero-order valence-corrected chi connectivity index (χ0v) is 21.2. The number of amides is 2. The van der Waals surface area contributed by atoms with E-state index in [0.29, 0.717) is 48.6 Å². The molecule has 0 bridgehead atoms. The van der Waals surface area contributed by atoms with Gasteiger partial charge in [0, 0.05) is 35.5 Å². The molecule has 0 unspecified atom stereocenters. The van der Waals surface area contributed by atoms with Crippen LogP contribution in [0.1, 0.15) is 51.3 Å². The first-order chi connectivity index (χ1) is 19.1. The average molecular weight is 549 g/mol. The van der Waals surface area contributed by atoms with Gasteiger partial charge >= 0.3 is 6.18 Å². The number of hydrogen-bond acceptors (Lipinski definition) is 7. The predicted octanol–water partition coefficient (Wildman–Crippen LogP) is 5.23. The molecule has 0 atom stereocenters. The van der Waals surface area contributed by atoms with Crippen molar-refractivity contribution in [2.75, 3.05) is 15.5 Å². The highest BCUT2D eigenvalue weighted by Gasteiger charge is 2.58. The van der Waals surface area contributed by atoms with E-state index in [9.17, 15) is 22.8 Å². The summed E-state index contributed by atoms with van der Waals surface area (Å²) < 4.78 is 44.5. The molecule has 1 spiro atoms. The summed E-state index contributed by atoms with van der Waals surface area (Å²) in [5.74, 6) is 0.304. The van der Waals surface area contributed by atoms with Crippen molar-refractivity contribution in [2.45, 2.75) is 44.4 Å². The maximum Gasteiger partial charge on any atom is 0.417 e. The Labute approximate surface area is 226 Å². The minimum atomic E-state index is -4.62. The maximum atomic E-state index is 13.8. The normalized spacial score (nSPS) is 15.6. The molecule has 0 radical (unpaired) electrons. The quantitative estimate of drug-likeness (QED) is 0.339. The van der Waals surface area contributed by atoms with Gasteiger partial charge in [0.2, 0.25) is 11.9 Å². The fourth-order valence-electron chi connectivity index (χ4n) is 4.87. The third kappa shape index (κ3) is 4.65. The lowest BCUT2D eigenvalue weighted by molar-refractivity contribution is -0.137. The number of hydrogen-bond donors (Lipinski definition) is 2. The molecule has 9 nitrogen and oxygen atoms in total. The molecule has 4 aromatic rings. The van der Waals surface area contributed by atoms with Crippen LogP contribution in [0.15, 0.2) is 65.7 Å². The molecular weight excluding hydrogens is 525 g/mol. The van der Waals surface area contributed by atoms with Crippen molar-refractivity contribution >= 4 is 29.1 Å². The Bertz CT molecular complexity index is 1620. The molecule has 1 aliphatic carbocycles. The van der Waals surface area contributed by atoms with Crippen LogP contribution in [0.2, 0.25) is 0 Å². The third-order valence-electron chi connectivity index (χ3n) is 7.14. The van der Waals surface area contributed by atoms with E-state index in [-0.39, 0.29) is 18.0 Å². The van der Waals surface area contributed by atoms with E-state index in [4.69, 9.17) is 4.42 Å². The van der Waals surface area contributed by atoms with Crippen molar-refractivity contribution in [3.63, 3.8) is 0 Å². The third-order valence-corrected chi connectivity index (χ3v) is 7.14. The van der Waals surface area contributed by atoms with Crippen LogP contribution in [0.3, 0.4) is 0 Å². The van der Waals surface area contributed by atoms with E-state index in [1.54, 1.807) is 41.6 Å². The number of furan rings is 1. The van der Waals surface area contributed by atoms with Gasteiger partial charge in [0.25, 0.3) is 5.91 Å². The van der Waals surface area contributed by atoms with Crippen LogP contribution in [0.5, 0.6) is 0 Å². The van der Waals surface area contributed by atoms with Crippen molar-refractivity contribution in [2.24, 2.45) is 0 Å². The number of rotatable bonds is 6. The molecule has 204 valence electrons. The molecule has 2 aliphatic rings. The van der Waals surface area contributed by atoms with E-state index in [2.05, 4.69) is 25.6 Å². The Kier molecular flexibility index (Phi) is 6.05. The number of nitrogens with zero attached hydrogens (tertiary/aromatic N) is 4. The molecule has 1 fully saturated rings. The van der Waals surface area contributed by atoms with Crippen LogP contribution >= 0.6 is 0 Å². The van der Waals surface area contributed by atoms with E-state index < -0.39 is 23.1 Å². The second-order valence-corrected chi connectivity index (χ2v) is 9.89. The Morgan fingerprint density at radius 1 is 1.15 bits per heavy atom. The van der Waals surface area contributed by atoms with Gasteiger partial charge in [-0.05, 0) is 55.7 Å². The van der Waals surface area contributed by atoms with Crippen molar-refractivity contribution < 1.29 is 27.2 Å². The number of aromatic nitrogens is 3. The van der Waals surface area contributed by atoms with Gasteiger partial charge < -0.3 is 20.0 Å². The Hall–Kier alpha value is -4.74. The van der Waals surface area contributed by atoms with Gasteiger partial charge in [0.05, 0.1) is 41.6 Å². The summed E-state index contributed by atoms with van der Waals surface area (Å²) in [7, 11) is 0. The van der Waals surface area contributed by atoms with Crippen molar-refractivity contribution in [1.29, 1.82) is 0 Å². The van der Waals surface area contributed by atoms with Crippen molar-refractivity contribution in [3.8, 4) is 0 Å². The number of carbonyl (C=O) groups is 2. The largest absolute Gasteiger partial charge is 0.467 e. The van der Waals surface area contributed by atoms with Crippen LogP contribution in [0.25, 0.3) is 0 Å². The summed E-state index contributed by atoms with van der Waals surface area (Å²) >= 11 is 0. The second kappa shape index (κ2) is 9.47. The van der Waals surface area contributed by atoms with Gasteiger partial charge in [0.15, 0.2) is 0 Å². The Morgan fingerprint density at radius 3 is 2.70 bits per heavy atom. The van der Waals surface area contributed by atoms with Crippen molar-refractivity contribution in [3.05, 3.63) is 95.0 Å². The first kappa shape index (κ1) is 25.5. The molecule has 1 aliphatic heterocycles. The number of pyridine rings is 1. The standard InChI is InChI=1S/C28H23F3N6O3/c1-16-4-5-20(35-24(38)17-9-19(13-32-11-17)28(29,30)31)10-22(16)37-15-18-12-33-26(34-14-21-3-2-8-40-21)36-23(18)27(6-7-27)25(37)39/h2-5,8-13H,6-7,14-15H2,1H3,(H,35,38)(H,33,34,36). The van der Waals surface area contributed by atoms with Gasteiger partial charge in [-0.3, -0.25) is 14.6 Å². The van der Waals surface area contributed by atoms with E-state index in [1.165, 1.54) is 0 Å². The van der Waals surface area contributed by atoms with Gasteiger partial charge in [0.1, 0.15) is 5.76 Å². The number of aryl methyl sites for hydroxylation is 1. The minimum Gasteiger partial charge on any atom is -0.467 e. The topological polar surface area (TPSA) is 113 Å². The summed E-state index contributed by atoms with van der Waals surface area (Å²) in [6, 6.07) is 9.40. The number of benzene rings is 1. The number of carbonyl (C=O) groups excluding carboxylic acids is 2. The summed E-state index contributed by atoms with van der Waals surface area (Å²) in [5.41, 5.74) is 1.26. The highest BCUT2D eigenvalue weighted by Crippen LogP contribution is 2.53. The molecule has 4 heterocycles. The smallest absolute Gasteiger partial charge is 0.417 e. The van der Waals surface area contributed by atoms with E-state index in [0.717, 1.165) is 29.2 Å². The Balaban J connectivity index is 1.25. The molecule has 2 N–H and O–H groups in total. The van der Waals surface area contributed by atoms with Gasteiger partial charge in [-0.2, -0.15) is 13.2 Å². The molecule has 3 aromatic heterocycles. The van der Waals surface area contributed by atoms with Crippen molar-refractivity contribution in [1.82, 2.24) is 15.0 Å². The molecule has 1 aromatic carbocycles. The Morgan fingerprint density at radius 2 is 1.98 bits per heavy atom. The van der Waals surface area contributed by atoms with E-state index >= 15 is 0 Å². The first-order valence-electron chi connectivity index (χ1n) is 12.5. The lowest BCUT2D eigenvalue weighted by atomic mass is 9.91. The number of fused-ring (bicyclic) bond motifs is 2. The summed E-state index contributed by atoms with van der Waals surface area (Å²) in [6.07, 6.45) is 1.72. The lowest BCUT2D eigenvalue weighted by Gasteiger charge is -2.34. The molecule has 0 saturated heterocycles. The fraction of sp³-hybridized carbons (Fsp3) is 0.250. The lowest BCUT2D eigenvalue weighted by Crippen LogP contribution is -2.45. The maximum absolute atomic E-state index is 13.8. The average Bonchev–Trinajstić information content (AvgIpc) is 3.56. The van der Waals surface area contributed by atoms with Gasteiger partial charge in [-0.15, -0.1) is 0 Å². The van der Waals surface area contributed by atoms with E-state index in [1.807, 2.05) is 13.0 Å². The van der Waals surface area contributed by atoms with Crippen LogP contribution in [-0.4, -0.2) is 26.8 Å². The van der Waals surface area contributed by atoms with Crippen LogP contribution in [0.4, 0.5) is 30.5 Å². The fourth-order valence-corrected chi connectivity index (χ4v) is 4.87. The van der Waals surface area contributed by atoms with Crippen LogP contribution in [-0.2, 0) is 29.5 Å². The first-order valence-corrected chi connectivity index (χ1v) is 12.5. The minimum absolute atomic E-state index is 0.0932. The summed E-state index contributed by atoms with van der Waals surface area (Å²) in [4.78, 5) is 40.9. The number of halogens is 3. The molecular formula is C28H23F3N6O3. The van der Waals surface area contributed by atoms with Gasteiger partial charge in [-0.25, -0.2) is 9.97 Å². The summed E-state index contributed by atoms with van der Waals surface area (Å²) in [5, 5.41) is 5.75. The molecule has 12 heteroatoms. The highest BCUT2D eigenvalue weighted by atomic mass is 19.4. The SMILES string of the molecule is Cc1ccc(NC(=O)c2cncc(C(F)(F)F)c2)cc1N1Cc2cnc(NCc3ccco3)nc2C2(CC2)C1=O. The zero-order valence-electron chi connectivity index (χ0n) is 21.2. The zero-order chi connectivity index (χ0) is 28.1.